The highest BCUT2D eigenvalue weighted by atomic mass is 19.4. The van der Waals surface area contributed by atoms with Crippen LogP contribution < -0.4 is 0 Å². The van der Waals surface area contributed by atoms with E-state index in [4.69, 9.17) is 5.11 Å². The molecule has 1 aromatic rings. The molecule has 0 aliphatic heterocycles. The number of rotatable bonds is 1. The molecule has 16 heavy (non-hydrogen) atoms. The number of esters is 1. The Balaban J connectivity index is 0.00000106. The largest absolute Gasteiger partial charge is 0.464 e. The number of carbonyl (C=O) groups excluding carboxylic acids is 1. The number of methoxy groups -OCH3 is 1. The van der Waals surface area contributed by atoms with Crippen LogP contribution in [-0.2, 0) is 10.9 Å². The third-order valence-corrected chi connectivity index (χ3v) is 1.43. The first-order chi connectivity index (χ1) is 7.45. The standard InChI is InChI=1S/C8H6F3NO2.CH4O/c1-14-7(13)5-3-2-4-6(12-5)8(9,10)11;1-2/h2-4H,1H3;2H,1H3. The third-order valence-electron chi connectivity index (χ3n) is 1.43. The summed E-state index contributed by atoms with van der Waals surface area (Å²) in [5.41, 5.74) is -1.47. The molecule has 0 atom stereocenters. The van der Waals surface area contributed by atoms with Crippen LogP contribution in [0.2, 0.25) is 0 Å². The second-order valence-corrected chi connectivity index (χ2v) is 2.40. The lowest BCUT2D eigenvalue weighted by atomic mass is 10.3. The molecule has 1 rings (SSSR count). The van der Waals surface area contributed by atoms with Gasteiger partial charge in [-0.25, -0.2) is 9.78 Å². The van der Waals surface area contributed by atoms with Crippen molar-refractivity contribution in [3.8, 4) is 0 Å². The fourth-order valence-electron chi connectivity index (χ4n) is 0.811. The van der Waals surface area contributed by atoms with E-state index in [1.165, 1.54) is 0 Å². The lowest BCUT2D eigenvalue weighted by molar-refractivity contribution is -0.141. The molecule has 0 aliphatic rings. The quantitative estimate of drug-likeness (QED) is 0.752. The van der Waals surface area contributed by atoms with Crippen molar-refractivity contribution in [3.63, 3.8) is 0 Å². The Labute approximate surface area is 89.7 Å². The predicted molar refractivity (Wildman–Crippen MR) is 48.7 cm³/mol. The highest BCUT2D eigenvalue weighted by Crippen LogP contribution is 2.27. The van der Waals surface area contributed by atoms with E-state index in [0.717, 1.165) is 32.4 Å². The first-order valence-corrected chi connectivity index (χ1v) is 4.02. The fraction of sp³-hybridized carbons (Fsp3) is 0.333. The van der Waals surface area contributed by atoms with E-state index in [-0.39, 0.29) is 5.69 Å². The van der Waals surface area contributed by atoms with Gasteiger partial charge in [0.25, 0.3) is 0 Å². The van der Waals surface area contributed by atoms with E-state index in [0.29, 0.717) is 0 Å². The molecule has 7 heteroatoms. The number of pyridine rings is 1. The topological polar surface area (TPSA) is 59.4 Å². The van der Waals surface area contributed by atoms with Crippen molar-refractivity contribution in [2.75, 3.05) is 14.2 Å². The SMILES string of the molecule is CO.COC(=O)c1cccc(C(F)(F)F)n1. The maximum atomic E-state index is 12.1. The van der Waals surface area contributed by atoms with E-state index in [1.54, 1.807) is 0 Å². The average molecular weight is 237 g/mol. The van der Waals surface area contributed by atoms with Crippen LogP contribution in [0.25, 0.3) is 0 Å². The molecule has 0 aromatic carbocycles. The monoisotopic (exact) mass is 237 g/mol. The van der Waals surface area contributed by atoms with Crippen LogP contribution in [0.3, 0.4) is 0 Å². The van der Waals surface area contributed by atoms with Gasteiger partial charge in [0.15, 0.2) is 0 Å². The summed E-state index contributed by atoms with van der Waals surface area (Å²) in [6, 6.07) is 3.04. The Hall–Kier alpha value is -1.63. The second kappa shape index (κ2) is 6.06. The zero-order chi connectivity index (χ0) is 12.8. The summed E-state index contributed by atoms with van der Waals surface area (Å²) < 4.78 is 40.6. The summed E-state index contributed by atoms with van der Waals surface area (Å²) in [5.74, 6) is -0.893. The van der Waals surface area contributed by atoms with Gasteiger partial charge >= 0.3 is 12.1 Å². The molecular formula is C9H10F3NO3. The molecule has 1 aromatic heterocycles. The van der Waals surface area contributed by atoms with Crippen LogP contribution in [0.1, 0.15) is 16.2 Å². The Morgan fingerprint density at radius 1 is 1.38 bits per heavy atom. The smallest absolute Gasteiger partial charge is 0.433 e. The van der Waals surface area contributed by atoms with Crippen molar-refractivity contribution >= 4 is 5.97 Å². The van der Waals surface area contributed by atoms with Gasteiger partial charge < -0.3 is 9.84 Å². The molecule has 0 aliphatic carbocycles. The molecule has 0 amide bonds. The van der Waals surface area contributed by atoms with Gasteiger partial charge in [0.2, 0.25) is 0 Å². The molecule has 1 N–H and O–H groups in total. The normalized spacial score (nSPS) is 10.1. The molecule has 1 heterocycles. The molecule has 90 valence electrons. The van der Waals surface area contributed by atoms with Crippen molar-refractivity contribution < 1.29 is 27.8 Å². The fourth-order valence-corrected chi connectivity index (χ4v) is 0.811. The van der Waals surface area contributed by atoms with Crippen LogP contribution in [0.15, 0.2) is 18.2 Å². The molecule has 4 nitrogen and oxygen atoms in total. The van der Waals surface area contributed by atoms with Gasteiger partial charge in [-0.15, -0.1) is 0 Å². The van der Waals surface area contributed by atoms with Crippen LogP contribution in [0, 0.1) is 0 Å². The minimum atomic E-state index is -4.55. The lowest BCUT2D eigenvalue weighted by Gasteiger charge is -2.05. The van der Waals surface area contributed by atoms with Crippen LogP contribution in [-0.4, -0.2) is 30.3 Å². The molecule has 0 radical (unpaired) electrons. The van der Waals surface area contributed by atoms with Crippen molar-refractivity contribution in [1.82, 2.24) is 4.98 Å². The number of hydrogen-bond donors (Lipinski definition) is 1. The van der Waals surface area contributed by atoms with Gasteiger partial charge in [-0.05, 0) is 12.1 Å². The van der Waals surface area contributed by atoms with E-state index < -0.39 is 17.8 Å². The van der Waals surface area contributed by atoms with Gasteiger partial charge in [-0.2, -0.15) is 13.2 Å². The summed E-state index contributed by atoms with van der Waals surface area (Å²) in [7, 11) is 2.07. The third kappa shape index (κ3) is 3.85. The molecule has 0 bridgehead atoms. The number of aromatic nitrogens is 1. The van der Waals surface area contributed by atoms with Crippen molar-refractivity contribution in [3.05, 3.63) is 29.6 Å². The van der Waals surface area contributed by atoms with E-state index in [2.05, 4.69) is 9.72 Å². The second-order valence-electron chi connectivity index (χ2n) is 2.40. The van der Waals surface area contributed by atoms with Gasteiger partial charge in [0.05, 0.1) is 7.11 Å². The summed E-state index contributed by atoms with van der Waals surface area (Å²) in [6.45, 7) is 0. The number of hydrogen-bond acceptors (Lipinski definition) is 4. The van der Waals surface area contributed by atoms with Crippen molar-refractivity contribution in [2.24, 2.45) is 0 Å². The number of halogens is 3. The van der Waals surface area contributed by atoms with Gasteiger partial charge in [-0.3, -0.25) is 0 Å². The number of alkyl halides is 3. The Bertz CT molecular complexity index is 352. The highest BCUT2D eigenvalue weighted by Gasteiger charge is 2.32. The zero-order valence-corrected chi connectivity index (χ0v) is 8.58. The van der Waals surface area contributed by atoms with Crippen LogP contribution >= 0.6 is 0 Å². The van der Waals surface area contributed by atoms with Gasteiger partial charge in [0, 0.05) is 7.11 Å². The molecule has 0 saturated heterocycles. The lowest BCUT2D eigenvalue weighted by Crippen LogP contribution is -2.12. The number of ether oxygens (including phenoxy) is 1. The van der Waals surface area contributed by atoms with Crippen LogP contribution in [0.4, 0.5) is 13.2 Å². The Kier molecular flexibility index (Phi) is 5.44. The number of aliphatic hydroxyl groups is 1. The molecule has 0 unspecified atom stereocenters. The average Bonchev–Trinajstić information content (AvgIpc) is 2.30. The zero-order valence-electron chi connectivity index (χ0n) is 8.58. The first-order valence-electron chi connectivity index (χ1n) is 4.02. The maximum Gasteiger partial charge on any atom is 0.433 e. The summed E-state index contributed by atoms with van der Waals surface area (Å²) in [4.78, 5) is 14.0. The van der Waals surface area contributed by atoms with Gasteiger partial charge in [-0.1, -0.05) is 6.07 Å². The Morgan fingerprint density at radius 3 is 2.38 bits per heavy atom. The minimum Gasteiger partial charge on any atom is -0.464 e. The van der Waals surface area contributed by atoms with Crippen molar-refractivity contribution in [2.45, 2.75) is 6.18 Å². The highest BCUT2D eigenvalue weighted by molar-refractivity contribution is 5.87. The molecular weight excluding hydrogens is 227 g/mol. The van der Waals surface area contributed by atoms with E-state index in [1.807, 2.05) is 0 Å². The van der Waals surface area contributed by atoms with E-state index in [9.17, 15) is 18.0 Å². The van der Waals surface area contributed by atoms with Gasteiger partial charge in [0.1, 0.15) is 11.4 Å². The maximum absolute atomic E-state index is 12.1. The predicted octanol–water partition coefficient (Wildman–Crippen LogP) is 1.50. The minimum absolute atomic E-state index is 0.359. The van der Waals surface area contributed by atoms with Crippen molar-refractivity contribution in [1.29, 1.82) is 0 Å². The molecule has 0 spiro atoms. The molecule has 0 saturated carbocycles. The van der Waals surface area contributed by atoms with E-state index >= 15 is 0 Å². The number of aliphatic hydroxyl groups excluding tert-OH is 1. The molecule has 0 fully saturated rings. The Morgan fingerprint density at radius 2 is 1.94 bits per heavy atom. The summed E-state index contributed by atoms with van der Waals surface area (Å²) in [5, 5.41) is 7.00. The summed E-state index contributed by atoms with van der Waals surface area (Å²) >= 11 is 0. The summed E-state index contributed by atoms with van der Waals surface area (Å²) in [6.07, 6.45) is -4.55. The van der Waals surface area contributed by atoms with Crippen LogP contribution in [0.5, 0.6) is 0 Å². The number of nitrogens with zero attached hydrogens (tertiary/aromatic N) is 1. The number of carbonyl (C=O) groups is 1. The first kappa shape index (κ1) is 14.4.